The number of nitrogens with zero attached hydrogens (tertiary/aromatic N) is 3. The average molecular weight is 348 g/mol. The quantitative estimate of drug-likeness (QED) is 0.612. The van der Waals surface area contributed by atoms with Crippen LogP contribution in [-0.2, 0) is 17.9 Å². The van der Waals surface area contributed by atoms with E-state index in [0.717, 1.165) is 30.1 Å². The summed E-state index contributed by atoms with van der Waals surface area (Å²) in [4.78, 5) is 13.2. The van der Waals surface area contributed by atoms with Gasteiger partial charge in [0.1, 0.15) is 5.82 Å². The predicted molar refractivity (Wildman–Crippen MR) is 104 cm³/mol. The molecule has 0 bridgehead atoms. The van der Waals surface area contributed by atoms with Crippen LogP contribution < -0.4 is 5.32 Å². The average Bonchev–Trinajstić information content (AvgIpc) is 2.68. The minimum atomic E-state index is 0.636. The molecule has 0 atom stereocenters. The van der Waals surface area contributed by atoms with Gasteiger partial charge in [0.05, 0.1) is 6.61 Å². The molecule has 5 nitrogen and oxygen atoms in total. The highest BCUT2D eigenvalue weighted by Crippen LogP contribution is 2.18. The number of ether oxygens (including phenoxy) is 1. The summed E-state index contributed by atoms with van der Waals surface area (Å²) in [6.07, 6.45) is 4.53. The Balaban J connectivity index is 1.73. The van der Waals surface area contributed by atoms with Gasteiger partial charge in [-0.2, -0.15) is 0 Å². The second-order valence-electron chi connectivity index (χ2n) is 6.13. The van der Waals surface area contributed by atoms with Gasteiger partial charge in [0.15, 0.2) is 5.82 Å². The van der Waals surface area contributed by atoms with Crippen molar-refractivity contribution in [2.45, 2.75) is 33.4 Å². The monoisotopic (exact) mass is 348 g/mol. The lowest BCUT2D eigenvalue weighted by Crippen LogP contribution is -2.07. The number of benzene rings is 1. The van der Waals surface area contributed by atoms with Crippen molar-refractivity contribution in [3.8, 4) is 11.4 Å². The van der Waals surface area contributed by atoms with E-state index in [1.807, 2.05) is 37.3 Å². The molecule has 1 aromatic carbocycles. The van der Waals surface area contributed by atoms with Gasteiger partial charge in [-0.15, -0.1) is 0 Å². The maximum atomic E-state index is 5.70. The van der Waals surface area contributed by atoms with Gasteiger partial charge in [-0.25, -0.2) is 9.97 Å². The van der Waals surface area contributed by atoms with Crippen LogP contribution in [-0.4, -0.2) is 21.6 Å². The van der Waals surface area contributed by atoms with E-state index in [-0.39, 0.29) is 0 Å². The normalized spacial score (nSPS) is 10.7. The van der Waals surface area contributed by atoms with Crippen molar-refractivity contribution in [2.24, 2.45) is 0 Å². The molecule has 2 aromatic heterocycles. The molecule has 0 aliphatic rings. The first-order valence-electron chi connectivity index (χ1n) is 8.90. The molecular weight excluding hydrogens is 324 g/mol. The Labute approximate surface area is 154 Å². The summed E-state index contributed by atoms with van der Waals surface area (Å²) >= 11 is 0. The van der Waals surface area contributed by atoms with Gasteiger partial charge in [0.2, 0.25) is 0 Å². The third-order valence-electron chi connectivity index (χ3n) is 3.98. The highest BCUT2D eigenvalue weighted by atomic mass is 16.5. The van der Waals surface area contributed by atoms with Gasteiger partial charge < -0.3 is 10.1 Å². The minimum Gasteiger partial charge on any atom is -0.377 e. The molecule has 5 heteroatoms. The van der Waals surface area contributed by atoms with E-state index >= 15 is 0 Å². The highest BCUT2D eigenvalue weighted by Gasteiger charge is 2.06. The first kappa shape index (κ1) is 18.0. The second kappa shape index (κ2) is 9.06. The third kappa shape index (κ3) is 4.86. The van der Waals surface area contributed by atoms with Crippen LogP contribution in [0.25, 0.3) is 11.4 Å². The molecule has 0 saturated carbocycles. The number of hydrogen-bond acceptors (Lipinski definition) is 5. The van der Waals surface area contributed by atoms with Crippen LogP contribution in [0.15, 0.2) is 54.9 Å². The SMILES string of the molecule is CCCOCc1ccccc1CNc1cc(C)nc(-c2ccncc2)n1. The second-order valence-corrected chi connectivity index (χ2v) is 6.13. The summed E-state index contributed by atoms with van der Waals surface area (Å²) in [6.45, 7) is 6.20. The summed E-state index contributed by atoms with van der Waals surface area (Å²) in [6, 6.07) is 14.1. The van der Waals surface area contributed by atoms with Crippen LogP contribution in [0.1, 0.15) is 30.2 Å². The number of aromatic nitrogens is 3. The number of nitrogens with one attached hydrogen (secondary N) is 1. The van der Waals surface area contributed by atoms with E-state index in [1.54, 1.807) is 12.4 Å². The molecule has 26 heavy (non-hydrogen) atoms. The minimum absolute atomic E-state index is 0.636. The van der Waals surface area contributed by atoms with Crippen LogP contribution in [0, 0.1) is 6.92 Å². The number of aryl methyl sites for hydroxylation is 1. The molecule has 0 aliphatic carbocycles. The molecule has 0 saturated heterocycles. The fourth-order valence-corrected chi connectivity index (χ4v) is 2.67. The van der Waals surface area contributed by atoms with Crippen molar-refractivity contribution in [1.82, 2.24) is 15.0 Å². The van der Waals surface area contributed by atoms with Gasteiger partial charge in [-0.05, 0) is 36.6 Å². The fraction of sp³-hybridized carbons (Fsp3) is 0.286. The highest BCUT2D eigenvalue weighted by molar-refractivity contribution is 5.56. The molecule has 2 heterocycles. The van der Waals surface area contributed by atoms with E-state index in [2.05, 4.69) is 39.3 Å². The van der Waals surface area contributed by atoms with E-state index in [1.165, 1.54) is 11.1 Å². The van der Waals surface area contributed by atoms with Crippen LogP contribution in [0.5, 0.6) is 0 Å². The van der Waals surface area contributed by atoms with E-state index in [9.17, 15) is 0 Å². The Bertz CT molecular complexity index is 836. The lowest BCUT2D eigenvalue weighted by atomic mass is 10.1. The molecule has 0 radical (unpaired) electrons. The van der Waals surface area contributed by atoms with Crippen molar-refractivity contribution < 1.29 is 4.74 Å². The third-order valence-corrected chi connectivity index (χ3v) is 3.98. The zero-order valence-corrected chi connectivity index (χ0v) is 15.3. The summed E-state index contributed by atoms with van der Waals surface area (Å²) in [5.74, 6) is 1.52. The molecule has 0 amide bonds. The van der Waals surface area contributed by atoms with Crippen LogP contribution in [0.3, 0.4) is 0 Å². The Kier molecular flexibility index (Phi) is 6.28. The first-order chi connectivity index (χ1) is 12.8. The smallest absolute Gasteiger partial charge is 0.161 e. The van der Waals surface area contributed by atoms with Gasteiger partial charge in [0.25, 0.3) is 0 Å². The van der Waals surface area contributed by atoms with Crippen molar-refractivity contribution in [3.63, 3.8) is 0 Å². The van der Waals surface area contributed by atoms with Crippen molar-refractivity contribution in [1.29, 1.82) is 0 Å². The number of hydrogen-bond donors (Lipinski definition) is 1. The lowest BCUT2D eigenvalue weighted by molar-refractivity contribution is 0.121. The standard InChI is InChI=1S/C21H24N4O/c1-3-12-26-15-19-7-5-4-6-18(19)14-23-20-13-16(2)24-21(25-20)17-8-10-22-11-9-17/h4-11,13H,3,12,14-15H2,1-2H3,(H,23,24,25). The van der Waals surface area contributed by atoms with Crippen molar-refractivity contribution in [3.05, 3.63) is 71.7 Å². The van der Waals surface area contributed by atoms with Gasteiger partial charge in [0, 0.05) is 42.9 Å². The molecule has 0 spiro atoms. The van der Waals surface area contributed by atoms with E-state index in [0.29, 0.717) is 19.0 Å². The molecule has 0 fully saturated rings. The molecule has 134 valence electrons. The maximum Gasteiger partial charge on any atom is 0.161 e. The summed E-state index contributed by atoms with van der Waals surface area (Å²) in [5, 5.41) is 3.42. The Morgan fingerprint density at radius 3 is 2.54 bits per heavy atom. The molecule has 3 aromatic rings. The summed E-state index contributed by atoms with van der Waals surface area (Å²) < 4.78 is 5.70. The maximum absolute atomic E-state index is 5.70. The van der Waals surface area contributed by atoms with E-state index in [4.69, 9.17) is 4.74 Å². The molecular formula is C21H24N4O. The van der Waals surface area contributed by atoms with Gasteiger partial charge in [-0.3, -0.25) is 4.98 Å². The van der Waals surface area contributed by atoms with Crippen molar-refractivity contribution >= 4 is 5.82 Å². The van der Waals surface area contributed by atoms with Gasteiger partial charge >= 0.3 is 0 Å². The van der Waals surface area contributed by atoms with Crippen molar-refractivity contribution in [2.75, 3.05) is 11.9 Å². The molecule has 0 aliphatic heterocycles. The summed E-state index contributed by atoms with van der Waals surface area (Å²) in [7, 11) is 0. The van der Waals surface area contributed by atoms with Crippen LogP contribution >= 0.6 is 0 Å². The van der Waals surface area contributed by atoms with Gasteiger partial charge in [-0.1, -0.05) is 31.2 Å². The zero-order chi connectivity index (χ0) is 18.2. The van der Waals surface area contributed by atoms with Crippen LogP contribution in [0.4, 0.5) is 5.82 Å². The molecule has 3 rings (SSSR count). The topological polar surface area (TPSA) is 59.9 Å². The number of rotatable bonds is 8. The Morgan fingerprint density at radius 2 is 1.77 bits per heavy atom. The Morgan fingerprint density at radius 1 is 1.00 bits per heavy atom. The number of anilines is 1. The predicted octanol–water partition coefficient (Wildman–Crippen LogP) is 4.39. The summed E-state index contributed by atoms with van der Waals surface area (Å²) in [5.41, 5.74) is 4.30. The van der Waals surface area contributed by atoms with E-state index < -0.39 is 0 Å². The lowest BCUT2D eigenvalue weighted by Gasteiger charge is -2.12. The number of pyridine rings is 1. The largest absolute Gasteiger partial charge is 0.377 e. The fourth-order valence-electron chi connectivity index (χ4n) is 2.67. The zero-order valence-electron chi connectivity index (χ0n) is 15.3. The Hall–Kier alpha value is -2.79. The molecule has 0 unspecified atom stereocenters. The molecule has 1 N–H and O–H groups in total. The first-order valence-corrected chi connectivity index (χ1v) is 8.90. The van der Waals surface area contributed by atoms with Crippen LogP contribution in [0.2, 0.25) is 0 Å².